The second-order valence-corrected chi connectivity index (χ2v) is 13.8. The van der Waals surface area contributed by atoms with Crippen LogP contribution in [0.15, 0.2) is 87.5 Å². The van der Waals surface area contributed by atoms with Crippen molar-refractivity contribution >= 4 is 9.84 Å². The average Bonchev–Trinajstić information content (AvgIpc) is 2.87. The van der Waals surface area contributed by atoms with E-state index in [1.54, 1.807) is 30.5 Å². The van der Waals surface area contributed by atoms with Crippen molar-refractivity contribution in [1.29, 1.82) is 0 Å². The molecule has 0 aliphatic rings. The molecule has 2 aromatic carbocycles. The first kappa shape index (κ1) is 33.2. The molecule has 0 amide bonds. The summed E-state index contributed by atoms with van der Waals surface area (Å²) in [7, 11) is -3.28. The lowest BCUT2D eigenvalue weighted by atomic mass is 9.92. The topological polar surface area (TPSA) is 113 Å². The highest BCUT2D eigenvalue weighted by atomic mass is 32.2. The van der Waals surface area contributed by atoms with E-state index in [9.17, 15) is 31.2 Å². The van der Waals surface area contributed by atoms with Gasteiger partial charge in [-0.2, -0.15) is 10.2 Å². The molecule has 0 aliphatic carbocycles. The van der Waals surface area contributed by atoms with E-state index in [1.807, 2.05) is 41.5 Å². The second kappa shape index (κ2) is 12.2. The van der Waals surface area contributed by atoms with Crippen molar-refractivity contribution in [3.8, 4) is 17.1 Å². The Morgan fingerprint density at radius 2 is 1.14 bits per heavy atom. The number of halogens is 3. The predicted molar refractivity (Wildman–Crippen MR) is 157 cm³/mol. The lowest BCUT2D eigenvalue weighted by Gasteiger charge is -2.18. The quantitative estimate of drug-likeness (QED) is 0.303. The largest absolute Gasteiger partial charge is 0.573 e. The van der Waals surface area contributed by atoms with Gasteiger partial charge in [0, 0.05) is 47.7 Å². The molecule has 0 bridgehead atoms. The minimum absolute atomic E-state index is 0.127. The van der Waals surface area contributed by atoms with Crippen molar-refractivity contribution in [2.24, 2.45) is 0 Å². The summed E-state index contributed by atoms with van der Waals surface area (Å²) in [4.78, 5) is 24.0. The van der Waals surface area contributed by atoms with Gasteiger partial charge in [0.2, 0.25) is 10.9 Å². The molecule has 0 saturated heterocycles. The Morgan fingerprint density at radius 1 is 0.698 bits per heavy atom. The van der Waals surface area contributed by atoms with Crippen molar-refractivity contribution in [1.82, 2.24) is 19.6 Å². The fourth-order valence-electron chi connectivity index (χ4n) is 3.82. The van der Waals surface area contributed by atoms with Crippen LogP contribution in [0.1, 0.15) is 52.9 Å². The van der Waals surface area contributed by atoms with Gasteiger partial charge in [0.1, 0.15) is 17.1 Å². The van der Waals surface area contributed by atoms with Crippen LogP contribution in [0.4, 0.5) is 13.2 Å². The van der Waals surface area contributed by atoms with Crippen LogP contribution in [0, 0.1) is 0 Å². The number of alkyl halides is 3. The zero-order valence-corrected chi connectivity index (χ0v) is 25.6. The number of sulfone groups is 1. The van der Waals surface area contributed by atoms with Gasteiger partial charge in [-0.3, -0.25) is 9.59 Å². The maximum Gasteiger partial charge on any atom is 0.573 e. The third-order valence-corrected chi connectivity index (χ3v) is 6.97. The Hall–Kier alpha value is -4.26. The summed E-state index contributed by atoms with van der Waals surface area (Å²) < 4.78 is 66.8. The minimum Gasteiger partial charge on any atom is -0.406 e. The monoisotopic (exact) mass is 618 g/mol. The Kier molecular flexibility index (Phi) is 9.40. The lowest BCUT2D eigenvalue weighted by molar-refractivity contribution is -0.274. The molecule has 230 valence electrons. The van der Waals surface area contributed by atoms with Crippen LogP contribution < -0.4 is 15.6 Å². The Morgan fingerprint density at radius 3 is 1.56 bits per heavy atom. The standard InChI is InChI=1S/C15H15F3N2O2.C15H18N2O3S/c1-14(2,3)13-12(21)7-8-20(19-13)10-5-4-6-11(9-10)22-15(16,17)18;1-15(2,3)14-13(18)8-9-17(16-14)11-6-5-7-12(10-11)21(4,19)20/h4-9H,1-3H3;5-10H,1-4H3. The van der Waals surface area contributed by atoms with Gasteiger partial charge in [0.05, 0.1) is 16.3 Å². The van der Waals surface area contributed by atoms with Crippen molar-refractivity contribution in [2.45, 2.75) is 63.6 Å². The first-order chi connectivity index (χ1) is 19.6. The van der Waals surface area contributed by atoms with Gasteiger partial charge in [0.25, 0.3) is 0 Å². The minimum atomic E-state index is -4.76. The molecule has 4 rings (SSSR count). The van der Waals surface area contributed by atoms with Crippen molar-refractivity contribution in [2.75, 3.05) is 6.26 Å². The third-order valence-electron chi connectivity index (χ3n) is 5.86. The molecule has 0 N–H and O–H groups in total. The molecule has 4 aromatic rings. The normalized spacial score (nSPS) is 12.3. The second-order valence-electron chi connectivity index (χ2n) is 11.8. The molecule has 2 aromatic heterocycles. The third kappa shape index (κ3) is 9.11. The smallest absolute Gasteiger partial charge is 0.406 e. The number of ether oxygens (including phenoxy) is 1. The van der Waals surface area contributed by atoms with Crippen LogP contribution in [-0.2, 0) is 20.7 Å². The number of nitrogens with zero attached hydrogens (tertiary/aromatic N) is 4. The summed E-state index contributed by atoms with van der Waals surface area (Å²) in [6.45, 7) is 11.2. The van der Waals surface area contributed by atoms with Gasteiger partial charge in [0.15, 0.2) is 9.84 Å². The number of hydrogen-bond acceptors (Lipinski definition) is 7. The van der Waals surface area contributed by atoms with Crippen LogP contribution >= 0.6 is 0 Å². The molecular weight excluding hydrogens is 585 g/mol. The van der Waals surface area contributed by atoms with Crippen LogP contribution in [0.3, 0.4) is 0 Å². The lowest BCUT2D eigenvalue weighted by Crippen LogP contribution is -2.26. The van der Waals surface area contributed by atoms with E-state index in [-0.39, 0.29) is 26.9 Å². The van der Waals surface area contributed by atoms with E-state index >= 15 is 0 Å². The summed E-state index contributed by atoms with van der Waals surface area (Å²) in [5, 5.41) is 8.57. The van der Waals surface area contributed by atoms with E-state index in [2.05, 4.69) is 14.9 Å². The molecule has 2 heterocycles. The molecule has 0 saturated carbocycles. The van der Waals surface area contributed by atoms with Crippen molar-refractivity contribution in [3.05, 3.63) is 105 Å². The highest BCUT2D eigenvalue weighted by Crippen LogP contribution is 2.25. The number of rotatable bonds is 4. The first-order valence-corrected chi connectivity index (χ1v) is 14.9. The van der Waals surface area contributed by atoms with Crippen LogP contribution in [-0.4, -0.2) is 40.6 Å². The molecular formula is C30H33F3N4O5S. The summed E-state index contributed by atoms with van der Waals surface area (Å²) >= 11 is 0. The number of benzene rings is 2. The number of aromatic nitrogens is 4. The highest BCUT2D eigenvalue weighted by molar-refractivity contribution is 7.90. The molecule has 0 atom stereocenters. The molecule has 0 spiro atoms. The van der Waals surface area contributed by atoms with Crippen molar-refractivity contribution < 1.29 is 26.3 Å². The zero-order valence-electron chi connectivity index (χ0n) is 24.8. The predicted octanol–water partition coefficient (Wildman–Crippen LogP) is 5.36. The highest BCUT2D eigenvalue weighted by Gasteiger charge is 2.31. The molecule has 13 heteroatoms. The summed E-state index contributed by atoms with van der Waals surface area (Å²) in [5.74, 6) is -0.345. The fraction of sp³-hybridized carbons (Fsp3) is 0.333. The van der Waals surface area contributed by atoms with E-state index in [0.29, 0.717) is 22.8 Å². The Balaban J connectivity index is 0.000000236. The molecule has 0 aliphatic heterocycles. The summed E-state index contributed by atoms with van der Waals surface area (Å²) in [6, 6.07) is 14.7. The fourth-order valence-corrected chi connectivity index (χ4v) is 4.48. The van der Waals surface area contributed by atoms with Gasteiger partial charge in [-0.15, -0.1) is 13.2 Å². The van der Waals surface area contributed by atoms with Gasteiger partial charge in [-0.25, -0.2) is 17.8 Å². The Labute approximate surface area is 247 Å². The van der Waals surface area contributed by atoms with Gasteiger partial charge < -0.3 is 4.74 Å². The molecule has 0 unspecified atom stereocenters. The van der Waals surface area contributed by atoms with E-state index in [4.69, 9.17) is 0 Å². The molecule has 43 heavy (non-hydrogen) atoms. The van der Waals surface area contributed by atoms with E-state index in [1.165, 1.54) is 52.0 Å². The summed E-state index contributed by atoms with van der Waals surface area (Å²) in [6.07, 6.45) is -0.652. The van der Waals surface area contributed by atoms with Gasteiger partial charge >= 0.3 is 6.36 Å². The van der Waals surface area contributed by atoms with Gasteiger partial charge in [-0.1, -0.05) is 53.7 Å². The first-order valence-electron chi connectivity index (χ1n) is 13.0. The maximum atomic E-state index is 12.3. The maximum absolute atomic E-state index is 12.3. The van der Waals surface area contributed by atoms with Gasteiger partial charge in [-0.05, 0) is 30.3 Å². The number of hydrogen-bond donors (Lipinski definition) is 0. The van der Waals surface area contributed by atoms with Crippen LogP contribution in [0.5, 0.6) is 5.75 Å². The molecule has 0 radical (unpaired) electrons. The van der Waals surface area contributed by atoms with Crippen LogP contribution in [0.2, 0.25) is 0 Å². The van der Waals surface area contributed by atoms with E-state index in [0.717, 1.165) is 6.26 Å². The average molecular weight is 619 g/mol. The Bertz CT molecular complexity index is 1830. The summed E-state index contributed by atoms with van der Waals surface area (Å²) in [5.41, 5.74) is 0.543. The van der Waals surface area contributed by atoms with E-state index < -0.39 is 21.6 Å². The zero-order chi connectivity index (χ0) is 32.4. The van der Waals surface area contributed by atoms with Crippen molar-refractivity contribution in [3.63, 3.8) is 0 Å². The van der Waals surface area contributed by atoms with Crippen LogP contribution in [0.25, 0.3) is 11.4 Å². The molecule has 9 nitrogen and oxygen atoms in total. The molecule has 0 fully saturated rings. The SMILES string of the molecule is CC(C)(C)c1nn(-c2cccc(OC(F)(F)F)c2)ccc1=O.CC(C)(C)c1nn(-c2cccc(S(C)(=O)=O)c2)ccc1=O.